The van der Waals surface area contributed by atoms with Gasteiger partial charge in [0.2, 0.25) is 5.91 Å². The Balaban J connectivity index is 1.73. The van der Waals surface area contributed by atoms with Crippen LogP contribution in [0.15, 0.2) is 24.3 Å². The first-order valence-electron chi connectivity index (χ1n) is 6.63. The molecule has 6 nitrogen and oxygen atoms in total. The average Bonchev–Trinajstić information content (AvgIpc) is 2.80. The standard InChI is InChI=1S/C14H17N5O/c1-10-16-17-13-9-18(5-6-19(10)13)8-11-3-2-4-12(7-11)14(15)20/h2-4,7H,5-6,8-9H2,1H3,(H2,15,20). The molecular weight excluding hydrogens is 254 g/mol. The molecule has 1 aromatic heterocycles. The van der Waals surface area contributed by atoms with Crippen molar-refractivity contribution in [1.29, 1.82) is 0 Å². The largest absolute Gasteiger partial charge is 0.366 e. The van der Waals surface area contributed by atoms with Crippen LogP contribution in [-0.2, 0) is 19.6 Å². The Morgan fingerprint density at radius 3 is 3.00 bits per heavy atom. The Kier molecular flexibility index (Phi) is 3.23. The quantitative estimate of drug-likeness (QED) is 0.891. The van der Waals surface area contributed by atoms with Crippen LogP contribution in [0, 0.1) is 6.92 Å². The first-order chi connectivity index (χ1) is 9.63. The van der Waals surface area contributed by atoms with Gasteiger partial charge in [0.05, 0.1) is 6.54 Å². The molecule has 3 rings (SSSR count). The lowest BCUT2D eigenvalue weighted by molar-refractivity contribution is 0.1000. The number of nitrogens with two attached hydrogens (primary N) is 1. The molecule has 0 bridgehead atoms. The highest BCUT2D eigenvalue weighted by molar-refractivity contribution is 5.92. The predicted molar refractivity (Wildman–Crippen MR) is 73.8 cm³/mol. The first kappa shape index (κ1) is 12.8. The van der Waals surface area contributed by atoms with Crippen molar-refractivity contribution >= 4 is 5.91 Å². The molecule has 1 aromatic carbocycles. The number of aryl methyl sites for hydroxylation is 1. The number of fused-ring (bicyclic) bond motifs is 1. The summed E-state index contributed by atoms with van der Waals surface area (Å²) in [4.78, 5) is 13.5. The highest BCUT2D eigenvalue weighted by atomic mass is 16.1. The van der Waals surface area contributed by atoms with E-state index < -0.39 is 0 Å². The highest BCUT2D eigenvalue weighted by Gasteiger charge is 2.19. The molecule has 6 heteroatoms. The number of primary amides is 1. The lowest BCUT2D eigenvalue weighted by atomic mass is 10.1. The van der Waals surface area contributed by atoms with E-state index in [1.807, 2.05) is 25.1 Å². The number of rotatable bonds is 3. The number of aromatic nitrogens is 3. The molecule has 1 aliphatic heterocycles. The molecule has 1 aliphatic rings. The first-order valence-corrected chi connectivity index (χ1v) is 6.63. The summed E-state index contributed by atoms with van der Waals surface area (Å²) in [5.74, 6) is 1.58. The molecule has 104 valence electrons. The van der Waals surface area contributed by atoms with Crippen LogP contribution >= 0.6 is 0 Å². The zero-order chi connectivity index (χ0) is 14.1. The third-order valence-electron chi connectivity index (χ3n) is 3.63. The van der Waals surface area contributed by atoms with E-state index in [1.165, 1.54) is 0 Å². The van der Waals surface area contributed by atoms with Crippen LogP contribution in [0.1, 0.15) is 27.6 Å². The maximum Gasteiger partial charge on any atom is 0.248 e. The summed E-state index contributed by atoms with van der Waals surface area (Å²) in [6, 6.07) is 7.47. The second kappa shape index (κ2) is 5.05. The minimum atomic E-state index is -0.388. The van der Waals surface area contributed by atoms with Gasteiger partial charge in [-0.25, -0.2) is 0 Å². The third-order valence-corrected chi connectivity index (χ3v) is 3.63. The minimum Gasteiger partial charge on any atom is -0.366 e. The molecular formula is C14H17N5O. The van der Waals surface area contributed by atoms with Gasteiger partial charge >= 0.3 is 0 Å². The van der Waals surface area contributed by atoms with Gasteiger partial charge in [-0.05, 0) is 24.6 Å². The van der Waals surface area contributed by atoms with Crippen molar-refractivity contribution in [1.82, 2.24) is 19.7 Å². The molecule has 2 heterocycles. The lowest BCUT2D eigenvalue weighted by Gasteiger charge is -2.27. The number of benzene rings is 1. The number of hydrogen-bond acceptors (Lipinski definition) is 4. The number of carbonyl (C=O) groups excluding carboxylic acids is 1. The van der Waals surface area contributed by atoms with Gasteiger partial charge < -0.3 is 10.3 Å². The van der Waals surface area contributed by atoms with E-state index in [0.717, 1.165) is 43.4 Å². The minimum absolute atomic E-state index is 0.388. The zero-order valence-corrected chi connectivity index (χ0v) is 11.4. The van der Waals surface area contributed by atoms with E-state index in [1.54, 1.807) is 6.07 Å². The highest BCUT2D eigenvalue weighted by Crippen LogP contribution is 2.15. The molecule has 2 N–H and O–H groups in total. The van der Waals surface area contributed by atoms with E-state index in [0.29, 0.717) is 5.56 Å². The van der Waals surface area contributed by atoms with Crippen LogP contribution in [0.4, 0.5) is 0 Å². The van der Waals surface area contributed by atoms with Crippen molar-refractivity contribution in [2.24, 2.45) is 5.73 Å². The summed E-state index contributed by atoms with van der Waals surface area (Å²) in [6.45, 7) is 5.40. The fraction of sp³-hybridized carbons (Fsp3) is 0.357. The molecule has 0 radical (unpaired) electrons. The lowest BCUT2D eigenvalue weighted by Crippen LogP contribution is -2.33. The van der Waals surface area contributed by atoms with Crippen molar-refractivity contribution in [3.63, 3.8) is 0 Å². The normalized spacial score (nSPS) is 15.1. The summed E-state index contributed by atoms with van der Waals surface area (Å²) in [5.41, 5.74) is 6.95. The van der Waals surface area contributed by atoms with Gasteiger partial charge in [-0.2, -0.15) is 0 Å². The smallest absolute Gasteiger partial charge is 0.248 e. The van der Waals surface area contributed by atoms with Crippen LogP contribution in [-0.4, -0.2) is 32.1 Å². The SMILES string of the molecule is Cc1nnc2n1CCN(Cc1cccc(C(N)=O)c1)C2. The molecule has 0 spiro atoms. The monoisotopic (exact) mass is 271 g/mol. The van der Waals surface area contributed by atoms with Crippen LogP contribution in [0.5, 0.6) is 0 Å². The van der Waals surface area contributed by atoms with Crippen molar-refractivity contribution in [2.75, 3.05) is 6.54 Å². The number of amides is 1. The van der Waals surface area contributed by atoms with E-state index in [9.17, 15) is 4.79 Å². The van der Waals surface area contributed by atoms with Crippen LogP contribution < -0.4 is 5.73 Å². The van der Waals surface area contributed by atoms with E-state index in [-0.39, 0.29) is 5.91 Å². The fourth-order valence-electron chi connectivity index (χ4n) is 2.57. The van der Waals surface area contributed by atoms with Crippen LogP contribution in [0.3, 0.4) is 0 Å². The zero-order valence-electron chi connectivity index (χ0n) is 11.4. The van der Waals surface area contributed by atoms with Gasteiger partial charge in [0.25, 0.3) is 0 Å². The Bertz CT molecular complexity index is 649. The number of hydrogen-bond donors (Lipinski definition) is 1. The van der Waals surface area contributed by atoms with Gasteiger partial charge in [0, 0.05) is 25.2 Å². The molecule has 0 unspecified atom stereocenters. The maximum atomic E-state index is 11.2. The third kappa shape index (κ3) is 2.42. The number of nitrogens with zero attached hydrogens (tertiary/aromatic N) is 4. The van der Waals surface area contributed by atoms with Crippen LogP contribution in [0.25, 0.3) is 0 Å². The Hall–Kier alpha value is -2.21. The summed E-state index contributed by atoms with van der Waals surface area (Å²) in [6.07, 6.45) is 0. The summed E-state index contributed by atoms with van der Waals surface area (Å²) in [5, 5.41) is 8.29. The second-order valence-electron chi connectivity index (χ2n) is 5.09. The van der Waals surface area contributed by atoms with Crippen molar-refractivity contribution in [3.8, 4) is 0 Å². The Labute approximate surface area is 117 Å². The van der Waals surface area contributed by atoms with E-state index in [2.05, 4.69) is 19.7 Å². The maximum absolute atomic E-state index is 11.2. The van der Waals surface area contributed by atoms with Crippen molar-refractivity contribution in [3.05, 3.63) is 47.0 Å². The van der Waals surface area contributed by atoms with Crippen molar-refractivity contribution < 1.29 is 4.79 Å². The van der Waals surface area contributed by atoms with Crippen LogP contribution in [0.2, 0.25) is 0 Å². The molecule has 2 aromatic rings. The number of carbonyl (C=O) groups is 1. The van der Waals surface area contributed by atoms with E-state index >= 15 is 0 Å². The molecule has 0 aliphatic carbocycles. The van der Waals surface area contributed by atoms with Gasteiger partial charge in [-0.3, -0.25) is 9.69 Å². The fourth-order valence-corrected chi connectivity index (χ4v) is 2.57. The van der Waals surface area contributed by atoms with Gasteiger partial charge in [-0.15, -0.1) is 10.2 Å². The molecule has 0 saturated carbocycles. The molecule has 0 fully saturated rings. The Morgan fingerprint density at radius 1 is 1.35 bits per heavy atom. The Morgan fingerprint density at radius 2 is 2.20 bits per heavy atom. The predicted octanol–water partition coefficient (Wildman–Crippen LogP) is 0.701. The average molecular weight is 271 g/mol. The van der Waals surface area contributed by atoms with Gasteiger partial charge in [0.1, 0.15) is 11.6 Å². The van der Waals surface area contributed by atoms with E-state index in [4.69, 9.17) is 5.73 Å². The summed E-state index contributed by atoms with van der Waals surface area (Å²) >= 11 is 0. The molecule has 0 atom stereocenters. The van der Waals surface area contributed by atoms with Gasteiger partial charge in [-0.1, -0.05) is 12.1 Å². The summed E-state index contributed by atoms with van der Waals surface area (Å²) < 4.78 is 2.15. The molecule has 1 amide bonds. The molecule has 20 heavy (non-hydrogen) atoms. The van der Waals surface area contributed by atoms with Crippen molar-refractivity contribution in [2.45, 2.75) is 26.6 Å². The summed E-state index contributed by atoms with van der Waals surface area (Å²) in [7, 11) is 0. The van der Waals surface area contributed by atoms with Gasteiger partial charge in [0.15, 0.2) is 0 Å². The topological polar surface area (TPSA) is 77.0 Å². The second-order valence-corrected chi connectivity index (χ2v) is 5.09. The molecule has 0 saturated heterocycles.